The quantitative estimate of drug-likeness (QED) is 0.530. The molecule has 2 N–H and O–H groups in total. The van der Waals surface area contributed by atoms with Gasteiger partial charge in [0.15, 0.2) is 0 Å². The summed E-state index contributed by atoms with van der Waals surface area (Å²) in [5.41, 5.74) is 3.02. The maximum Gasteiger partial charge on any atom is 0.254 e. The predicted molar refractivity (Wildman–Crippen MR) is 109 cm³/mol. The lowest BCUT2D eigenvalue weighted by molar-refractivity contribution is -0.147. The van der Waals surface area contributed by atoms with Crippen LogP contribution in [0.5, 0.6) is 5.75 Å². The summed E-state index contributed by atoms with van der Waals surface area (Å²) in [4.78, 5) is 11.2. The Labute approximate surface area is 169 Å². The van der Waals surface area contributed by atoms with Crippen molar-refractivity contribution in [1.29, 1.82) is 0 Å². The SMILES string of the molecule is COc1cc2[nH]ncc2cc1Nc1ncnc2sc3c(c12)CCC1(C3)OC=CO1. The highest BCUT2D eigenvalue weighted by Crippen LogP contribution is 2.44. The van der Waals surface area contributed by atoms with Gasteiger partial charge in [0.1, 0.15) is 35.2 Å². The summed E-state index contributed by atoms with van der Waals surface area (Å²) in [6, 6.07) is 3.93. The maximum atomic E-state index is 5.75. The average molecular weight is 407 g/mol. The van der Waals surface area contributed by atoms with Gasteiger partial charge in [-0.2, -0.15) is 5.10 Å². The molecule has 0 atom stereocenters. The normalized spacial score (nSPS) is 16.7. The third-order valence-corrected chi connectivity index (χ3v) is 6.63. The van der Waals surface area contributed by atoms with Gasteiger partial charge in [0.25, 0.3) is 5.79 Å². The molecule has 0 bridgehead atoms. The molecule has 4 aromatic rings. The van der Waals surface area contributed by atoms with Gasteiger partial charge in [0.2, 0.25) is 0 Å². The number of aromatic nitrogens is 4. The number of aromatic amines is 1. The second-order valence-corrected chi connectivity index (χ2v) is 8.22. The Bertz CT molecular complexity index is 1270. The highest BCUT2D eigenvalue weighted by atomic mass is 32.1. The highest BCUT2D eigenvalue weighted by Gasteiger charge is 2.41. The first kappa shape index (κ1) is 16.6. The van der Waals surface area contributed by atoms with Crippen LogP contribution in [0.3, 0.4) is 0 Å². The fourth-order valence-corrected chi connectivity index (χ4v) is 5.36. The molecule has 146 valence electrons. The van der Waals surface area contributed by atoms with Crippen LogP contribution in [0.2, 0.25) is 0 Å². The molecule has 1 spiro atoms. The van der Waals surface area contributed by atoms with Gasteiger partial charge in [-0.05, 0) is 18.1 Å². The Hall–Kier alpha value is -3.33. The molecular weight excluding hydrogens is 390 g/mol. The van der Waals surface area contributed by atoms with Gasteiger partial charge in [-0.3, -0.25) is 5.10 Å². The zero-order chi connectivity index (χ0) is 19.4. The Morgan fingerprint density at radius 2 is 2.14 bits per heavy atom. The molecule has 3 aromatic heterocycles. The monoisotopic (exact) mass is 407 g/mol. The predicted octanol–water partition coefficient (Wildman–Crippen LogP) is 4.02. The number of methoxy groups -OCH3 is 1. The second-order valence-electron chi connectivity index (χ2n) is 7.14. The number of ether oxygens (including phenoxy) is 3. The van der Waals surface area contributed by atoms with Crippen molar-refractivity contribution < 1.29 is 14.2 Å². The summed E-state index contributed by atoms with van der Waals surface area (Å²) in [6.45, 7) is 0. The van der Waals surface area contributed by atoms with E-state index in [1.165, 1.54) is 10.4 Å². The number of hydrogen-bond acceptors (Lipinski definition) is 8. The molecule has 1 aromatic carbocycles. The van der Waals surface area contributed by atoms with Crippen molar-refractivity contribution in [2.75, 3.05) is 12.4 Å². The molecule has 4 heterocycles. The van der Waals surface area contributed by atoms with E-state index in [9.17, 15) is 0 Å². The number of hydrogen-bond donors (Lipinski definition) is 2. The van der Waals surface area contributed by atoms with Crippen molar-refractivity contribution in [3.63, 3.8) is 0 Å². The molecule has 0 amide bonds. The third-order valence-electron chi connectivity index (χ3n) is 5.49. The van der Waals surface area contributed by atoms with Gasteiger partial charge >= 0.3 is 0 Å². The second kappa shape index (κ2) is 6.08. The minimum absolute atomic E-state index is 0.565. The van der Waals surface area contributed by atoms with Gasteiger partial charge in [-0.25, -0.2) is 9.97 Å². The first-order chi connectivity index (χ1) is 14.2. The van der Waals surface area contributed by atoms with E-state index in [-0.39, 0.29) is 0 Å². The van der Waals surface area contributed by atoms with Crippen molar-refractivity contribution in [1.82, 2.24) is 20.2 Å². The van der Waals surface area contributed by atoms with Crippen molar-refractivity contribution in [2.24, 2.45) is 0 Å². The van der Waals surface area contributed by atoms with Crippen molar-refractivity contribution in [3.8, 4) is 5.75 Å². The lowest BCUT2D eigenvalue weighted by Crippen LogP contribution is -2.36. The van der Waals surface area contributed by atoms with E-state index in [0.717, 1.165) is 51.2 Å². The molecule has 0 fully saturated rings. The van der Waals surface area contributed by atoms with Crippen molar-refractivity contribution in [2.45, 2.75) is 25.0 Å². The van der Waals surface area contributed by atoms with Gasteiger partial charge in [0, 0.05) is 22.8 Å². The molecule has 0 unspecified atom stereocenters. The van der Waals surface area contributed by atoms with E-state index in [2.05, 4.69) is 25.5 Å². The van der Waals surface area contributed by atoms with E-state index in [0.29, 0.717) is 6.42 Å². The van der Waals surface area contributed by atoms with Crippen LogP contribution in [0.4, 0.5) is 11.5 Å². The van der Waals surface area contributed by atoms with Crippen LogP contribution < -0.4 is 10.1 Å². The van der Waals surface area contributed by atoms with Crippen molar-refractivity contribution in [3.05, 3.63) is 47.6 Å². The Morgan fingerprint density at radius 1 is 1.24 bits per heavy atom. The number of aryl methyl sites for hydroxylation is 1. The van der Waals surface area contributed by atoms with E-state index >= 15 is 0 Å². The molecule has 2 aliphatic rings. The summed E-state index contributed by atoms with van der Waals surface area (Å²) in [6.07, 6.45) is 8.98. The lowest BCUT2D eigenvalue weighted by Gasteiger charge is -2.31. The van der Waals surface area contributed by atoms with Crippen LogP contribution in [0.1, 0.15) is 16.9 Å². The number of benzene rings is 1. The van der Waals surface area contributed by atoms with Crippen LogP contribution >= 0.6 is 11.3 Å². The molecule has 0 radical (unpaired) electrons. The van der Waals surface area contributed by atoms with Gasteiger partial charge in [0.05, 0.1) is 36.3 Å². The summed E-state index contributed by atoms with van der Waals surface area (Å²) in [5, 5.41) is 12.6. The average Bonchev–Trinajstić information content (AvgIpc) is 3.45. The van der Waals surface area contributed by atoms with Crippen LogP contribution in [-0.4, -0.2) is 33.1 Å². The molecule has 1 aliphatic heterocycles. The largest absolute Gasteiger partial charge is 0.494 e. The molecule has 1 aliphatic carbocycles. The van der Waals surface area contributed by atoms with E-state index < -0.39 is 5.79 Å². The van der Waals surface area contributed by atoms with Crippen LogP contribution in [0.25, 0.3) is 21.1 Å². The lowest BCUT2D eigenvalue weighted by atomic mass is 9.92. The minimum atomic E-state index is -0.565. The Balaban J connectivity index is 1.44. The third kappa shape index (κ3) is 2.54. The van der Waals surface area contributed by atoms with Crippen LogP contribution in [0, 0.1) is 0 Å². The van der Waals surface area contributed by atoms with Gasteiger partial charge < -0.3 is 19.5 Å². The topological polar surface area (TPSA) is 94.2 Å². The zero-order valence-electron chi connectivity index (χ0n) is 15.6. The number of fused-ring (bicyclic) bond motifs is 4. The first-order valence-corrected chi connectivity index (χ1v) is 10.1. The molecule has 9 heteroatoms. The van der Waals surface area contributed by atoms with Gasteiger partial charge in [-0.15, -0.1) is 11.3 Å². The number of nitrogens with zero attached hydrogens (tertiary/aromatic N) is 3. The summed E-state index contributed by atoms with van der Waals surface area (Å²) < 4.78 is 17.1. The van der Waals surface area contributed by atoms with Crippen molar-refractivity contribution >= 4 is 44.0 Å². The molecule has 6 rings (SSSR count). The number of thiophene rings is 1. The first-order valence-electron chi connectivity index (χ1n) is 9.29. The number of H-pyrrole nitrogens is 1. The summed E-state index contributed by atoms with van der Waals surface area (Å²) in [5.74, 6) is 0.927. The van der Waals surface area contributed by atoms with E-state index in [1.807, 2.05) is 12.1 Å². The van der Waals surface area contributed by atoms with Crippen LogP contribution in [-0.2, 0) is 22.3 Å². The number of anilines is 2. The fourth-order valence-electron chi connectivity index (χ4n) is 4.09. The standard InChI is InChI=1S/C20H17N5O3S/c1-26-15-7-13-11(9-23-25-13)6-14(15)24-18-17-12-2-3-20(27-4-5-28-20)8-16(12)29-19(17)22-10-21-18/h4-7,9-10H,2-3,8H2,1H3,(H,23,25)(H,21,22,24). The summed E-state index contributed by atoms with van der Waals surface area (Å²) >= 11 is 1.67. The molecule has 0 saturated heterocycles. The molecule has 29 heavy (non-hydrogen) atoms. The maximum absolute atomic E-state index is 5.75. The fraction of sp³-hybridized carbons (Fsp3) is 0.250. The highest BCUT2D eigenvalue weighted by molar-refractivity contribution is 7.19. The zero-order valence-corrected chi connectivity index (χ0v) is 16.4. The molecular formula is C20H17N5O3S. The number of rotatable bonds is 3. The van der Waals surface area contributed by atoms with E-state index in [1.54, 1.807) is 43.5 Å². The Morgan fingerprint density at radius 3 is 3.00 bits per heavy atom. The van der Waals surface area contributed by atoms with Crippen LogP contribution in [0.15, 0.2) is 37.2 Å². The summed E-state index contributed by atoms with van der Waals surface area (Å²) in [7, 11) is 1.65. The number of nitrogens with one attached hydrogen (secondary N) is 2. The molecule has 0 saturated carbocycles. The van der Waals surface area contributed by atoms with Gasteiger partial charge in [-0.1, -0.05) is 0 Å². The Kier molecular flexibility index (Phi) is 3.48. The smallest absolute Gasteiger partial charge is 0.254 e. The van der Waals surface area contributed by atoms with E-state index in [4.69, 9.17) is 14.2 Å². The minimum Gasteiger partial charge on any atom is -0.494 e. The molecule has 8 nitrogen and oxygen atoms in total.